The predicted molar refractivity (Wildman–Crippen MR) is 84.0 cm³/mol. The molecule has 1 aromatic heterocycles. The first-order chi connectivity index (χ1) is 11.1. The molecular weight excluding hydrogens is 296 g/mol. The molecule has 2 aliphatic heterocycles. The molecule has 2 aliphatic rings. The number of nitrogens with zero attached hydrogens (tertiary/aromatic N) is 3. The standard InChI is InChI=1S/C16H22N4O3/c1-23-15-13(3-2-6-18-15)16(22)20-9-12(10-20)19-7-4-11(5-8-19)14(17)21/h2-3,6,11-12H,4-5,7-10H2,1H3,(H2,17,21). The Morgan fingerprint density at radius 2 is 2.00 bits per heavy atom. The normalized spacial score (nSPS) is 20.1. The van der Waals surface area contributed by atoms with Crippen molar-refractivity contribution in [2.75, 3.05) is 33.3 Å². The van der Waals surface area contributed by atoms with Gasteiger partial charge in [-0.3, -0.25) is 14.5 Å². The number of pyridine rings is 1. The van der Waals surface area contributed by atoms with Gasteiger partial charge in [0.15, 0.2) is 0 Å². The van der Waals surface area contributed by atoms with Crippen LogP contribution in [0.5, 0.6) is 5.88 Å². The number of nitrogens with two attached hydrogens (primary N) is 1. The summed E-state index contributed by atoms with van der Waals surface area (Å²) in [5, 5.41) is 0. The Balaban J connectivity index is 1.53. The summed E-state index contributed by atoms with van der Waals surface area (Å²) in [5.41, 5.74) is 5.86. The molecule has 124 valence electrons. The number of hydrogen-bond acceptors (Lipinski definition) is 5. The lowest BCUT2D eigenvalue weighted by molar-refractivity contribution is -0.123. The second-order valence-electron chi connectivity index (χ2n) is 6.14. The molecule has 0 spiro atoms. The smallest absolute Gasteiger partial charge is 0.259 e. The fourth-order valence-corrected chi connectivity index (χ4v) is 3.29. The average molecular weight is 318 g/mol. The van der Waals surface area contributed by atoms with E-state index < -0.39 is 0 Å². The third kappa shape index (κ3) is 3.14. The van der Waals surface area contributed by atoms with E-state index in [1.54, 1.807) is 18.3 Å². The molecule has 0 unspecified atom stereocenters. The van der Waals surface area contributed by atoms with E-state index in [2.05, 4.69) is 9.88 Å². The van der Waals surface area contributed by atoms with Crippen LogP contribution in [0.1, 0.15) is 23.2 Å². The Labute approximate surface area is 135 Å². The number of amides is 2. The van der Waals surface area contributed by atoms with Crippen LogP contribution < -0.4 is 10.5 Å². The van der Waals surface area contributed by atoms with E-state index in [0.717, 1.165) is 25.9 Å². The van der Waals surface area contributed by atoms with Gasteiger partial charge >= 0.3 is 0 Å². The van der Waals surface area contributed by atoms with Crippen LogP contribution in [-0.4, -0.2) is 65.9 Å². The van der Waals surface area contributed by atoms with Gasteiger partial charge in [-0.2, -0.15) is 0 Å². The number of carbonyl (C=O) groups is 2. The van der Waals surface area contributed by atoms with Crippen molar-refractivity contribution < 1.29 is 14.3 Å². The van der Waals surface area contributed by atoms with Gasteiger partial charge in [-0.1, -0.05) is 0 Å². The van der Waals surface area contributed by atoms with E-state index in [9.17, 15) is 9.59 Å². The minimum absolute atomic E-state index is 0.00344. The Morgan fingerprint density at radius 1 is 1.30 bits per heavy atom. The zero-order valence-corrected chi connectivity index (χ0v) is 13.3. The number of carbonyl (C=O) groups excluding carboxylic acids is 2. The summed E-state index contributed by atoms with van der Waals surface area (Å²) in [4.78, 5) is 31.9. The maximum absolute atomic E-state index is 12.5. The van der Waals surface area contributed by atoms with Crippen molar-refractivity contribution in [3.63, 3.8) is 0 Å². The van der Waals surface area contributed by atoms with Gasteiger partial charge in [-0.15, -0.1) is 0 Å². The summed E-state index contributed by atoms with van der Waals surface area (Å²) in [6.45, 7) is 3.16. The van der Waals surface area contributed by atoms with E-state index in [0.29, 0.717) is 30.6 Å². The van der Waals surface area contributed by atoms with Gasteiger partial charge in [-0.05, 0) is 38.1 Å². The van der Waals surface area contributed by atoms with Crippen molar-refractivity contribution in [3.8, 4) is 5.88 Å². The van der Waals surface area contributed by atoms with Crippen molar-refractivity contribution >= 4 is 11.8 Å². The molecule has 3 heterocycles. The summed E-state index contributed by atoms with van der Waals surface area (Å²) in [6, 6.07) is 3.84. The molecule has 0 aliphatic carbocycles. The molecule has 0 atom stereocenters. The van der Waals surface area contributed by atoms with E-state index in [1.165, 1.54) is 7.11 Å². The van der Waals surface area contributed by atoms with E-state index >= 15 is 0 Å². The van der Waals surface area contributed by atoms with Crippen molar-refractivity contribution in [1.82, 2.24) is 14.8 Å². The molecule has 0 radical (unpaired) electrons. The lowest BCUT2D eigenvalue weighted by Gasteiger charge is -2.47. The predicted octanol–water partition coefficient (Wildman–Crippen LogP) is 0.112. The Bertz CT molecular complexity index is 593. The molecule has 2 fully saturated rings. The highest BCUT2D eigenvalue weighted by Crippen LogP contribution is 2.25. The number of piperidine rings is 1. The highest BCUT2D eigenvalue weighted by atomic mass is 16.5. The molecule has 2 saturated heterocycles. The van der Waals surface area contributed by atoms with Crippen LogP contribution in [0, 0.1) is 5.92 Å². The number of methoxy groups -OCH3 is 1. The van der Waals surface area contributed by atoms with E-state index in [1.807, 2.05) is 4.90 Å². The number of rotatable bonds is 4. The van der Waals surface area contributed by atoms with Crippen molar-refractivity contribution in [2.24, 2.45) is 11.7 Å². The zero-order chi connectivity index (χ0) is 16.4. The Hall–Kier alpha value is -2.15. The summed E-state index contributed by atoms with van der Waals surface area (Å²) >= 11 is 0. The highest BCUT2D eigenvalue weighted by molar-refractivity contribution is 5.96. The third-order valence-corrected chi connectivity index (χ3v) is 4.79. The molecular formula is C16H22N4O3. The lowest BCUT2D eigenvalue weighted by atomic mass is 9.93. The maximum Gasteiger partial charge on any atom is 0.259 e. The van der Waals surface area contributed by atoms with Gasteiger partial charge in [0.25, 0.3) is 5.91 Å². The van der Waals surface area contributed by atoms with Crippen molar-refractivity contribution in [2.45, 2.75) is 18.9 Å². The molecule has 7 nitrogen and oxygen atoms in total. The van der Waals surface area contributed by atoms with Crippen LogP contribution >= 0.6 is 0 Å². The molecule has 3 rings (SSSR count). The van der Waals surface area contributed by atoms with Crippen LogP contribution in [0.25, 0.3) is 0 Å². The largest absolute Gasteiger partial charge is 0.480 e. The molecule has 23 heavy (non-hydrogen) atoms. The number of aromatic nitrogens is 1. The fourth-order valence-electron chi connectivity index (χ4n) is 3.29. The SMILES string of the molecule is COc1ncccc1C(=O)N1CC(N2CCC(C(N)=O)CC2)C1. The summed E-state index contributed by atoms with van der Waals surface area (Å²) in [7, 11) is 1.51. The van der Waals surface area contributed by atoms with Gasteiger partial charge < -0.3 is 15.4 Å². The maximum atomic E-state index is 12.5. The second kappa shape index (κ2) is 6.54. The number of hydrogen-bond donors (Lipinski definition) is 1. The first-order valence-electron chi connectivity index (χ1n) is 7.91. The van der Waals surface area contributed by atoms with Crippen LogP contribution in [-0.2, 0) is 4.79 Å². The topological polar surface area (TPSA) is 88.8 Å². The van der Waals surface area contributed by atoms with E-state index in [-0.39, 0.29) is 17.7 Å². The van der Waals surface area contributed by atoms with Gasteiger partial charge in [-0.25, -0.2) is 4.98 Å². The first kappa shape index (κ1) is 15.7. The minimum Gasteiger partial charge on any atom is -0.480 e. The van der Waals surface area contributed by atoms with Gasteiger partial charge in [0.05, 0.1) is 7.11 Å². The van der Waals surface area contributed by atoms with Gasteiger partial charge in [0.1, 0.15) is 5.56 Å². The quantitative estimate of drug-likeness (QED) is 0.851. The number of likely N-dealkylation sites (tertiary alicyclic amines) is 2. The summed E-state index contributed by atoms with van der Waals surface area (Å²) in [6.07, 6.45) is 3.24. The zero-order valence-electron chi connectivity index (χ0n) is 13.3. The van der Waals surface area contributed by atoms with Crippen LogP contribution in [0.15, 0.2) is 18.3 Å². The van der Waals surface area contributed by atoms with Crippen molar-refractivity contribution in [3.05, 3.63) is 23.9 Å². The van der Waals surface area contributed by atoms with Gasteiger partial charge in [0.2, 0.25) is 11.8 Å². The summed E-state index contributed by atoms with van der Waals surface area (Å²) in [5.74, 6) is 0.129. The number of ether oxygens (including phenoxy) is 1. The van der Waals surface area contributed by atoms with Crippen LogP contribution in [0.2, 0.25) is 0 Å². The minimum atomic E-state index is -0.196. The first-order valence-corrected chi connectivity index (χ1v) is 7.91. The molecule has 0 saturated carbocycles. The Morgan fingerprint density at radius 3 is 2.61 bits per heavy atom. The average Bonchev–Trinajstić information content (AvgIpc) is 2.53. The summed E-state index contributed by atoms with van der Waals surface area (Å²) < 4.78 is 5.15. The van der Waals surface area contributed by atoms with Crippen molar-refractivity contribution in [1.29, 1.82) is 0 Å². The highest BCUT2D eigenvalue weighted by Gasteiger charge is 2.38. The third-order valence-electron chi connectivity index (χ3n) is 4.79. The molecule has 0 aromatic carbocycles. The molecule has 2 amide bonds. The number of primary amides is 1. The molecule has 1 aromatic rings. The lowest BCUT2D eigenvalue weighted by Crippen LogP contribution is -2.62. The Kier molecular flexibility index (Phi) is 4.47. The monoisotopic (exact) mass is 318 g/mol. The molecule has 2 N–H and O–H groups in total. The molecule has 0 bridgehead atoms. The van der Waals surface area contributed by atoms with E-state index in [4.69, 9.17) is 10.5 Å². The second-order valence-corrected chi connectivity index (χ2v) is 6.14. The van der Waals surface area contributed by atoms with Crippen LogP contribution in [0.3, 0.4) is 0 Å². The molecule has 7 heteroatoms. The van der Waals surface area contributed by atoms with Gasteiger partial charge in [0, 0.05) is 31.2 Å². The fraction of sp³-hybridized carbons (Fsp3) is 0.562. The van der Waals surface area contributed by atoms with Crippen LogP contribution in [0.4, 0.5) is 0 Å².